The summed E-state index contributed by atoms with van der Waals surface area (Å²) in [6, 6.07) is 7.78. The van der Waals surface area contributed by atoms with E-state index >= 15 is 0 Å². The van der Waals surface area contributed by atoms with Crippen molar-refractivity contribution in [2.45, 2.75) is 0 Å². The van der Waals surface area contributed by atoms with Crippen molar-refractivity contribution in [3.63, 3.8) is 0 Å². The van der Waals surface area contributed by atoms with Gasteiger partial charge in [0.15, 0.2) is 5.96 Å². The SMILES string of the molecule is CS(=O)(=O)NCCN=C(N)N1CCN(c2ccc(Cl)cc2)CC1. The highest BCUT2D eigenvalue weighted by Gasteiger charge is 2.18. The Hall–Kier alpha value is -1.51. The second kappa shape index (κ2) is 7.85. The Bertz CT molecular complexity index is 640. The zero-order valence-corrected chi connectivity index (χ0v) is 14.6. The number of sulfonamides is 1. The lowest BCUT2D eigenvalue weighted by atomic mass is 10.2. The molecule has 1 heterocycles. The highest BCUT2D eigenvalue weighted by molar-refractivity contribution is 7.88. The van der Waals surface area contributed by atoms with Gasteiger partial charge in [0, 0.05) is 43.4 Å². The standard InChI is InChI=1S/C14H22ClN5O2S/c1-23(21,22)18-7-6-17-14(16)20-10-8-19(9-11-20)13-4-2-12(15)3-5-13/h2-5,18H,6-11H2,1H3,(H2,16,17). The summed E-state index contributed by atoms with van der Waals surface area (Å²) in [5, 5.41) is 0.728. The van der Waals surface area contributed by atoms with Gasteiger partial charge in [0.1, 0.15) is 0 Å². The van der Waals surface area contributed by atoms with E-state index in [0.717, 1.165) is 43.1 Å². The van der Waals surface area contributed by atoms with Crippen LogP contribution in [0.15, 0.2) is 29.3 Å². The number of rotatable bonds is 5. The molecule has 3 N–H and O–H groups in total. The zero-order valence-electron chi connectivity index (χ0n) is 13.1. The maximum absolute atomic E-state index is 11.0. The van der Waals surface area contributed by atoms with Gasteiger partial charge in [-0.05, 0) is 24.3 Å². The fourth-order valence-electron chi connectivity index (χ4n) is 2.35. The summed E-state index contributed by atoms with van der Waals surface area (Å²) in [6.07, 6.45) is 1.12. The minimum atomic E-state index is -3.18. The molecule has 7 nitrogen and oxygen atoms in total. The predicted octanol–water partition coefficient (Wildman–Crippen LogP) is 0.326. The third kappa shape index (κ3) is 5.89. The Labute approximate surface area is 142 Å². The van der Waals surface area contributed by atoms with Gasteiger partial charge in [0.05, 0.1) is 12.8 Å². The van der Waals surface area contributed by atoms with Gasteiger partial charge in [-0.2, -0.15) is 0 Å². The van der Waals surface area contributed by atoms with Crippen molar-refractivity contribution in [3.05, 3.63) is 29.3 Å². The monoisotopic (exact) mass is 359 g/mol. The molecule has 0 saturated carbocycles. The predicted molar refractivity (Wildman–Crippen MR) is 94.6 cm³/mol. The molecule has 0 unspecified atom stereocenters. The fourth-order valence-corrected chi connectivity index (χ4v) is 2.94. The first-order valence-electron chi connectivity index (χ1n) is 7.35. The molecule has 1 aromatic carbocycles. The molecule has 0 radical (unpaired) electrons. The molecule has 0 atom stereocenters. The lowest BCUT2D eigenvalue weighted by Crippen LogP contribution is -2.51. The summed E-state index contributed by atoms with van der Waals surface area (Å²) in [4.78, 5) is 8.49. The second-order valence-electron chi connectivity index (χ2n) is 5.36. The first kappa shape index (κ1) is 17.8. The first-order valence-corrected chi connectivity index (χ1v) is 9.62. The molecule has 0 bridgehead atoms. The maximum atomic E-state index is 11.0. The molecule has 23 heavy (non-hydrogen) atoms. The highest BCUT2D eigenvalue weighted by atomic mass is 35.5. The summed E-state index contributed by atoms with van der Waals surface area (Å²) in [5.41, 5.74) is 7.11. The number of hydrogen-bond donors (Lipinski definition) is 2. The third-order valence-corrected chi connectivity index (χ3v) is 4.53. The van der Waals surface area contributed by atoms with E-state index in [4.69, 9.17) is 17.3 Å². The summed E-state index contributed by atoms with van der Waals surface area (Å²) in [5.74, 6) is 0.455. The minimum absolute atomic E-state index is 0.254. The van der Waals surface area contributed by atoms with E-state index in [1.165, 1.54) is 0 Å². The molecule has 1 aliphatic heterocycles. The quantitative estimate of drug-likeness (QED) is 0.449. The van der Waals surface area contributed by atoms with Crippen LogP contribution in [0.3, 0.4) is 0 Å². The van der Waals surface area contributed by atoms with Crippen LogP contribution >= 0.6 is 11.6 Å². The second-order valence-corrected chi connectivity index (χ2v) is 7.63. The van der Waals surface area contributed by atoms with E-state index < -0.39 is 10.0 Å². The normalized spacial score (nSPS) is 16.7. The molecular weight excluding hydrogens is 338 g/mol. The minimum Gasteiger partial charge on any atom is -0.370 e. The molecule has 128 valence electrons. The third-order valence-electron chi connectivity index (χ3n) is 3.55. The van der Waals surface area contributed by atoms with Crippen molar-refractivity contribution in [1.82, 2.24) is 9.62 Å². The zero-order chi connectivity index (χ0) is 16.9. The summed E-state index contributed by atoms with van der Waals surface area (Å²) in [6.45, 7) is 3.83. The number of halogens is 1. The summed E-state index contributed by atoms with van der Waals surface area (Å²) in [7, 11) is -3.18. The maximum Gasteiger partial charge on any atom is 0.208 e. The molecule has 1 saturated heterocycles. The smallest absolute Gasteiger partial charge is 0.208 e. The number of aliphatic imine (C=N–C) groups is 1. The topological polar surface area (TPSA) is 91.0 Å². The average Bonchev–Trinajstić information content (AvgIpc) is 2.51. The molecule has 2 rings (SSSR count). The van der Waals surface area contributed by atoms with Crippen LogP contribution in [0.2, 0.25) is 5.02 Å². The summed E-state index contributed by atoms with van der Waals surface area (Å²) >= 11 is 5.90. The Kier molecular flexibility index (Phi) is 6.09. The van der Waals surface area contributed by atoms with Gasteiger partial charge in [-0.25, -0.2) is 13.1 Å². The lowest BCUT2D eigenvalue weighted by molar-refractivity contribution is 0.381. The number of piperazine rings is 1. The lowest BCUT2D eigenvalue weighted by Gasteiger charge is -2.36. The number of benzene rings is 1. The van der Waals surface area contributed by atoms with E-state index in [1.54, 1.807) is 0 Å². The molecule has 0 aliphatic carbocycles. The number of hydrogen-bond acceptors (Lipinski definition) is 4. The molecule has 0 spiro atoms. The van der Waals surface area contributed by atoms with Crippen LogP contribution in [-0.2, 0) is 10.0 Å². The van der Waals surface area contributed by atoms with Crippen molar-refractivity contribution >= 4 is 33.3 Å². The molecule has 9 heteroatoms. The van der Waals surface area contributed by atoms with Crippen LogP contribution in [0.4, 0.5) is 5.69 Å². The van der Waals surface area contributed by atoms with Crippen molar-refractivity contribution in [1.29, 1.82) is 0 Å². The average molecular weight is 360 g/mol. The number of anilines is 1. The Morgan fingerprint density at radius 1 is 1.26 bits per heavy atom. The molecule has 1 fully saturated rings. The van der Waals surface area contributed by atoms with Crippen LogP contribution in [0.1, 0.15) is 0 Å². The molecular formula is C14H22ClN5O2S. The van der Waals surface area contributed by atoms with Gasteiger partial charge in [-0.3, -0.25) is 4.99 Å². The molecule has 0 amide bonds. The summed E-state index contributed by atoms with van der Waals surface area (Å²) < 4.78 is 24.3. The Morgan fingerprint density at radius 2 is 1.87 bits per heavy atom. The van der Waals surface area contributed by atoms with Crippen molar-refractivity contribution in [3.8, 4) is 0 Å². The van der Waals surface area contributed by atoms with Gasteiger partial charge in [-0.15, -0.1) is 0 Å². The van der Waals surface area contributed by atoms with Crippen molar-refractivity contribution < 1.29 is 8.42 Å². The van der Waals surface area contributed by atoms with E-state index in [0.29, 0.717) is 12.5 Å². The molecule has 0 aromatic heterocycles. The van der Waals surface area contributed by atoms with Gasteiger partial charge < -0.3 is 15.5 Å². The van der Waals surface area contributed by atoms with Gasteiger partial charge >= 0.3 is 0 Å². The van der Waals surface area contributed by atoms with Gasteiger partial charge in [-0.1, -0.05) is 11.6 Å². The number of nitrogens with two attached hydrogens (primary N) is 1. The number of nitrogens with zero attached hydrogens (tertiary/aromatic N) is 3. The number of guanidine groups is 1. The van der Waals surface area contributed by atoms with Crippen LogP contribution in [-0.4, -0.2) is 64.8 Å². The van der Waals surface area contributed by atoms with Crippen LogP contribution in [0, 0.1) is 0 Å². The van der Waals surface area contributed by atoms with E-state index in [9.17, 15) is 8.42 Å². The van der Waals surface area contributed by atoms with Crippen molar-refractivity contribution in [2.75, 3.05) is 50.4 Å². The number of nitrogens with one attached hydrogen (secondary N) is 1. The van der Waals surface area contributed by atoms with E-state index in [2.05, 4.69) is 14.6 Å². The first-order chi connectivity index (χ1) is 10.8. The van der Waals surface area contributed by atoms with Crippen LogP contribution in [0.5, 0.6) is 0 Å². The molecule has 1 aromatic rings. The van der Waals surface area contributed by atoms with Crippen LogP contribution in [0.25, 0.3) is 0 Å². The van der Waals surface area contributed by atoms with E-state index in [1.807, 2.05) is 29.2 Å². The van der Waals surface area contributed by atoms with E-state index in [-0.39, 0.29) is 6.54 Å². The fraction of sp³-hybridized carbons (Fsp3) is 0.500. The Morgan fingerprint density at radius 3 is 2.43 bits per heavy atom. The Balaban J connectivity index is 1.80. The van der Waals surface area contributed by atoms with Gasteiger partial charge in [0.25, 0.3) is 0 Å². The molecule has 1 aliphatic rings. The van der Waals surface area contributed by atoms with Crippen molar-refractivity contribution in [2.24, 2.45) is 10.7 Å². The van der Waals surface area contributed by atoms with Crippen LogP contribution < -0.4 is 15.4 Å². The largest absolute Gasteiger partial charge is 0.370 e. The highest BCUT2D eigenvalue weighted by Crippen LogP contribution is 2.19. The van der Waals surface area contributed by atoms with Gasteiger partial charge in [0.2, 0.25) is 10.0 Å².